The summed E-state index contributed by atoms with van der Waals surface area (Å²) in [6.07, 6.45) is -0.0582. The first-order valence-electron chi connectivity index (χ1n) is 14.3. The molecule has 1 aromatic heterocycles. The molecule has 2 aromatic rings. The number of rotatable bonds is 7. The van der Waals surface area contributed by atoms with Crippen LogP contribution < -0.4 is 5.32 Å². The van der Waals surface area contributed by atoms with Crippen molar-refractivity contribution in [1.29, 1.82) is 0 Å². The van der Waals surface area contributed by atoms with Gasteiger partial charge in [-0.2, -0.15) is 22.6 Å². The molecule has 5 heterocycles. The van der Waals surface area contributed by atoms with Crippen molar-refractivity contribution in [2.24, 2.45) is 4.99 Å². The van der Waals surface area contributed by atoms with Gasteiger partial charge in [0.2, 0.25) is 10.0 Å². The van der Waals surface area contributed by atoms with Crippen LogP contribution in [0.15, 0.2) is 40.8 Å². The zero-order valence-electron chi connectivity index (χ0n) is 23.7. The van der Waals surface area contributed by atoms with Gasteiger partial charge >= 0.3 is 6.18 Å². The molecule has 43 heavy (non-hydrogen) atoms. The molecule has 4 aliphatic heterocycles. The predicted octanol–water partition coefficient (Wildman–Crippen LogP) is 1.79. The zero-order chi connectivity index (χ0) is 30.5. The lowest BCUT2D eigenvalue weighted by molar-refractivity contribution is -0.137. The average molecular weight is 622 g/mol. The summed E-state index contributed by atoms with van der Waals surface area (Å²) in [7, 11) is -3.49. The molecular weight excluding hydrogens is 587 g/mol. The second-order valence-corrected chi connectivity index (χ2v) is 13.5. The number of aromatic nitrogens is 2. The van der Waals surface area contributed by atoms with Crippen LogP contribution in [0.1, 0.15) is 36.1 Å². The highest BCUT2D eigenvalue weighted by Crippen LogP contribution is 2.34. The Labute approximate surface area is 247 Å². The molecule has 0 spiro atoms. The third-order valence-electron chi connectivity index (χ3n) is 8.60. The molecule has 6 rings (SSSR count). The number of β-amino-alcohol motifs (C(OH)–C–C–N with tert-alkyl or cyclic N) is 1. The molecule has 0 bridgehead atoms. The number of sulfonamides is 1. The zero-order valence-corrected chi connectivity index (χ0v) is 24.5. The number of aliphatic hydroxyl groups excluding tert-OH is 1. The van der Waals surface area contributed by atoms with E-state index in [1.54, 1.807) is 10.9 Å². The maximum absolute atomic E-state index is 13.1. The maximum Gasteiger partial charge on any atom is 0.416 e. The molecule has 1 fully saturated rings. The van der Waals surface area contributed by atoms with Crippen LogP contribution in [0.4, 0.5) is 13.2 Å². The molecule has 0 amide bonds. The number of hydrogen-bond donors (Lipinski definition) is 2. The Morgan fingerprint density at radius 2 is 1.84 bits per heavy atom. The number of likely N-dealkylation sites (tertiary alicyclic amines) is 1. The van der Waals surface area contributed by atoms with Crippen LogP contribution >= 0.6 is 0 Å². The molecule has 11 nitrogen and oxygen atoms in total. The molecule has 4 aliphatic rings. The van der Waals surface area contributed by atoms with Gasteiger partial charge in [0.25, 0.3) is 0 Å². The van der Waals surface area contributed by atoms with E-state index in [0.717, 1.165) is 55.8 Å². The molecule has 1 aromatic carbocycles. The first kappa shape index (κ1) is 29.8. The number of hydrogen-bond acceptors (Lipinski definition) is 9. The molecule has 0 radical (unpaired) electrons. The van der Waals surface area contributed by atoms with E-state index in [1.165, 1.54) is 16.4 Å². The molecule has 1 atom stereocenters. The van der Waals surface area contributed by atoms with Crippen LogP contribution in [0, 0.1) is 0 Å². The summed E-state index contributed by atoms with van der Waals surface area (Å²) in [4.78, 5) is 20.9. The van der Waals surface area contributed by atoms with Crippen LogP contribution in [0.5, 0.6) is 0 Å². The van der Waals surface area contributed by atoms with Crippen molar-refractivity contribution in [2.45, 2.75) is 57.1 Å². The van der Waals surface area contributed by atoms with Gasteiger partial charge in [-0.05, 0) is 25.0 Å². The fourth-order valence-electron chi connectivity index (χ4n) is 6.36. The number of carbonyl (C=O) groups excluding carboxylic acids is 1. The largest absolute Gasteiger partial charge is 0.416 e. The summed E-state index contributed by atoms with van der Waals surface area (Å²) in [6, 6.07) is 4.91. The lowest BCUT2D eigenvalue weighted by Gasteiger charge is -2.38. The molecule has 0 aliphatic carbocycles. The Kier molecular flexibility index (Phi) is 7.85. The highest BCUT2D eigenvalue weighted by atomic mass is 32.2. The van der Waals surface area contributed by atoms with E-state index in [-0.39, 0.29) is 31.5 Å². The van der Waals surface area contributed by atoms with Crippen LogP contribution in [-0.4, -0.2) is 101 Å². The number of nitrogens with zero attached hydrogens (tertiary/aromatic N) is 6. The Morgan fingerprint density at radius 1 is 1.12 bits per heavy atom. The fourth-order valence-corrected chi connectivity index (χ4v) is 7.15. The van der Waals surface area contributed by atoms with Crippen molar-refractivity contribution in [3.05, 3.63) is 52.6 Å². The van der Waals surface area contributed by atoms with Crippen LogP contribution in [0.2, 0.25) is 0 Å². The molecule has 1 unspecified atom stereocenters. The minimum atomic E-state index is -4.47. The van der Waals surface area contributed by atoms with Crippen molar-refractivity contribution in [3.8, 4) is 11.3 Å². The summed E-state index contributed by atoms with van der Waals surface area (Å²) in [6.45, 7) is 2.98. The number of Topliss-reactive ketones (excluding diaryl/α,β-unsaturated/α-hetero) is 1. The number of nitrogens with one attached hydrogen (secondary N) is 1. The van der Waals surface area contributed by atoms with Gasteiger partial charge in [-0.1, -0.05) is 12.1 Å². The number of allylic oxidation sites excluding steroid dienone is 1. The molecule has 1 saturated heterocycles. The van der Waals surface area contributed by atoms with Gasteiger partial charge in [0.05, 0.1) is 36.8 Å². The van der Waals surface area contributed by atoms with Crippen LogP contribution in [-0.2, 0) is 40.5 Å². The number of piperidine rings is 1. The number of halogens is 3. The van der Waals surface area contributed by atoms with Crippen LogP contribution in [0.3, 0.4) is 0 Å². The van der Waals surface area contributed by atoms with Gasteiger partial charge in [-0.3, -0.25) is 9.48 Å². The molecule has 15 heteroatoms. The molecule has 2 N–H and O–H groups in total. The Bertz CT molecular complexity index is 1560. The normalized spacial score (nSPS) is 21.2. The maximum atomic E-state index is 13.1. The summed E-state index contributed by atoms with van der Waals surface area (Å²) in [5, 5.41) is 19.0. The fraction of sp³-hybridized carbons (Fsp3) is 0.536. The average Bonchev–Trinajstić information content (AvgIpc) is 3.55. The van der Waals surface area contributed by atoms with E-state index in [0.29, 0.717) is 48.6 Å². The Morgan fingerprint density at radius 3 is 2.51 bits per heavy atom. The number of fused-ring (bicyclic) bond motifs is 1. The first-order chi connectivity index (χ1) is 20.4. The smallest absolute Gasteiger partial charge is 0.390 e. The van der Waals surface area contributed by atoms with Gasteiger partial charge in [0, 0.05) is 74.6 Å². The topological polar surface area (TPSA) is 123 Å². The number of benzene rings is 1. The number of aliphatic hydroxyl groups is 1. The van der Waals surface area contributed by atoms with E-state index in [1.807, 2.05) is 0 Å². The van der Waals surface area contributed by atoms with Crippen LogP contribution in [0.25, 0.3) is 11.3 Å². The summed E-state index contributed by atoms with van der Waals surface area (Å²) >= 11 is 0. The van der Waals surface area contributed by atoms with E-state index < -0.39 is 27.9 Å². The summed E-state index contributed by atoms with van der Waals surface area (Å²) < 4.78 is 67.0. The van der Waals surface area contributed by atoms with E-state index in [2.05, 4.69) is 25.2 Å². The second kappa shape index (κ2) is 11.3. The van der Waals surface area contributed by atoms with E-state index in [9.17, 15) is 31.5 Å². The van der Waals surface area contributed by atoms with Gasteiger partial charge in [-0.15, -0.1) is 0 Å². The van der Waals surface area contributed by atoms with Gasteiger partial charge < -0.3 is 20.2 Å². The molecule has 232 valence electrons. The van der Waals surface area contributed by atoms with Gasteiger partial charge in [0.15, 0.2) is 11.6 Å². The quantitative estimate of drug-likeness (QED) is 0.480. The van der Waals surface area contributed by atoms with Crippen molar-refractivity contribution < 1.29 is 31.5 Å². The van der Waals surface area contributed by atoms with Crippen molar-refractivity contribution in [2.75, 3.05) is 39.1 Å². The third kappa shape index (κ3) is 6.08. The Hall–Kier alpha value is -3.27. The van der Waals surface area contributed by atoms with Gasteiger partial charge in [-0.25, -0.2) is 13.4 Å². The highest BCUT2D eigenvalue weighted by molar-refractivity contribution is 7.88. The third-order valence-corrected chi connectivity index (χ3v) is 9.84. The van der Waals surface area contributed by atoms with Crippen molar-refractivity contribution >= 4 is 22.0 Å². The number of ketones is 1. The SMILES string of the molecule is CS(=O)(=O)N1CCc2c(c(-c3ccc(C(F)(F)F)cc3)nn2CC(O)CN2CCC(N3CNC4=C3N=CCC4=O)CC2)C1. The predicted molar refractivity (Wildman–Crippen MR) is 152 cm³/mol. The van der Waals surface area contributed by atoms with E-state index in [4.69, 9.17) is 0 Å². The minimum absolute atomic E-state index is 0.0550. The lowest BCUT2D eigenvalue weighted by atomic mass is 10.0. The molecular formula is C28H34F3N7O4S. The number of alkyl halides is 3. The van der Waals surface area contributed by atoms with E-state index >= 15 is 0 Å². The van der Waals surface area contributed by atoms with Gasteiger partial charge in [0.1, 0.15) is 5.70 Å². The molecule has 0 saturated carbocycles. The lowest BCUT2D eigenvalue weighted by Crippen LogP contribution is -2.46. The van der Waals surface area contributed by atoms with Crippen molar-refractivity contribution in [1.82, 2.24) is 29.2 Å². The summed E-state index contributed by atoms with van der Waals surface area (Å²) in [5.74, 6) is 0.774. The monoisotopic (exact) mass is 621 g/mol. The standard InChI is InChI=1S/C28H34F3N7O4S/c1-43(41,42)36-13-9-23-22(16-36)25(18-2-4-19(5-3-18)28(29,30)31)34-38(23)15-21(39)14-35-11-7-20(8-12-35)37-17-33-26-24(40)6-10-32-27(26)37/h2-5,10,20-21,33,39H,6-9,11-17H2,1H3. The number of aliphatic imine (C=N–C) groups is 1. The number of carbonyl (C=O) groups is 1. The minimum Gasteiger partial charge on any atom is -0.390 e. The second-order valence-electron chi connectivity index (χ2n) is 11.5. The summed E-state index contributed by atoms with van der Waals surface area (Å²) in [5.41, 5.74) is 2.11. The Balaban J connectivity index is 1.14. The highest BCUT2D eigenvalue weighted by Gasteiger charge is 2.35. The van der Waals surface area contributed by atoms with Crippen molar-refractivity contribution in [3.63, 3.8) is 0 Å². The first-order valence-corrected chi connectivity index (χ1v) is 16.2.